The normalized spacial score (nSPS) is 13.9. The molecule has 1 aliphatic rings. The molecule has 0 spiro atoms. The molecule has 3 rings (SSSR count). The van der Waals surface area contributed by atoms with E-state index in [-0.39, 0.29) is 23.5 Å². The van der Waals surface area contributed by atoms with Crippen molar-refractivity contribution in [3.63, 3.8) is 0 Å². The maximum Gasteiger partial charge on any atom is 0.278 e. The van der Waals surface area contributed by atoms with Crippen LogP contribution in [0, 0.1) is 17.0 Å². The van der Waals surface area contributed by atoms with Gasteiger partial charge in [-0.05, 0) is 42.3 Å². The lowest BCUT2D eigenvalue weighted by Gasteiger charge is -2.13. The maximum absolute atomic E-state index is 12.9. The Bertz CT molecular complexity index is 1030. The summed E-state index contributed by atoms with van der Waals surface area (Å²) < 4.78 is 0. The number of aryl methyl sites for hydroxylation is 1. The molecule has 142 valence electrons. The number of benzene rings is 2. The lowest BCUT2D eigenvalue weighted by Crippen LogP contribution is -2.32. The molecule has 0 unspecified atom stereocenters. The Morgan fingerprint density at radius 1 is 1.18 bits per heavy atom. The molecule has 0 aliphatic carbocycles. The number of amides is 2. The number of anilines is 1. The number of nitrogens with zero attached hydrogens (tertiary/aromatic N) is 2. The number of rotatable bonds is 6. The monoisotopic (exact) mass is 397 g/mol. The van der Waals surface area contributed by atoms with E-state index in [2.05, 4.69) is 11.9 Å². The fraction of sp³-hybridized carbons (Fsp3) is 0.100. The van der Waals surface area contributed by atoms with Crippen LogP contribution in [0.4, 0.5) is 11.4 Å². The number of imide groups is 1. The number of carbonyl (C=O) groups is 2. The van der Waals surface area contributed by atoms with Gasteiger partial charge in [-0.2, -0.15) is 0 Å². The molecule has 0 fully saturated rings. The van der Waals surface area contributed by atoms with E-state index in [9.17, 15) is 19.7 Å². The summed E-state index contributed by atoms with van der Waals surface area (Å²) in [6.45, 7) is 5.47. The van der Waals surface area contributed by atoms with Gasteiger partial charge in [-0.15, -0.1) is 6.58 Å². The Hall–Kier alpha value is -3.45. The van der Waals surface area contributed by atoms with Gasteiger partial charge in [0.05, 0.1) is 10.5 Å². The van der Waals surface area contributed by atoms with Crippen molar-refractivity contribution in [2.75, 3.05) is 11.9 Å². The summed E-state index contributed by atoms with van der Waals surface area (Å²) in [5.41, 5.74) is 1.94. The number of carbonyl (C=O) groups excluding carboxylic acids is 2. The molecule has 8 heteroatoms. The molecule has 0 aromatic heterocycles. The molecule has 1 heterocycles. The minimum Gasteiger partial charge on any atom is -0.350 e. The maximum atomic E-state index is 12.9. The zero-order chi connectivity index (χ0) is 20.4. The van der Waals surface area contributed by atoms with Crippen LogP contribution in [0.15, 0.2) is 60.8 Å². The summed E-state index contributed by atoms with van der Waals surface area (Å²) >= 11 is 6.05. The van der Waals surface area contributed by atoms with Gasteiger partial charge in [0.25, 0.3) is 17.5 Å². The molecule has 2 aromatic rings. The summed E-state index contributed by atoms with van der Waals surface area (Å²) in [6, 6.07) is 10.6. The van der Waals surface area contributed by atoms with Crippen LogP contribution in [0.2, 0.25) is 5.02 Å². The molecule has 2 amide bonds. The average molecular weight is 398 g/mol. The van der Waals surface area contributed by atoms with Gasteiger partial charge < -0.3 is 5.32 Å². The second-order valence-corrected chi connectivity index (χ2v) is 6.58. The van der Waals surface area contributed by atoms with Gasteiger partial charge in [-0.25, -0.2) is 0 Å². The molecule has 28 heavy (non-hydrogen) atoms. The SMILES string of the molecule is C=CCN1C(=O)C(Nc2cc(Cl)ccc2C)=C(c2ccc([N+](=O)[O-])cc2)C1=O. The number of nitro groups is 1. The van der Waals surface area contributed by atoms with Gasteiger partial charge in [0.2, 0.25) is 0 Å². The molecule has 2 aromatic carbocycles. The minimum absolute atomic E-state index is 0.0495. The first-order chi connectivity index (χ1) is 13.3. The predicted octanol–water partition coefficient (Wildman–Crippen LogP) is 3.93. The van der Waals surface area contributed by atoms with E-state index in [0.717, 1.165) is 10.5 Å². The third-order valence-electron chi connectivity index (χ3n) is 4.31. The Morgan fingerprint density at radius 2 is 1.86 bits per heavy atom. The number of nitrogens with one attached hydrogen (secondary N) is 1. The number of halogens is 1. The van der Waals surface area contributed by atoms with Crippen LogP contribution in [-0.2, 0) is 9.59 Å². The van der Waals surface area contributed by atoms with Crippen molar-refractivity contribution < 1.29 is 14.5 Å². The van der Waals surface area contributed by atoms with Gasteiger partial charge in [-0.1, -0.05) is 23.7 Å². The largest absolute Gasteiger partial charge is 0.350 e. The first-order valence-electron chi connectivity index (χ1n) is 8.33. The number of non-ortho nitro benzene ring substituents is 1. The van der Waals surface area contributed by atoms with Gasteiger partial charge in [0, 0.05) is 29.4 Å². The van der Waals surface area contributed by atoms with E-state index in [1.165, 1.54) is 30.3 Å². The molecule has 0 atom stereocenters. The topological polar surface area (TPSA) is 92.6 Å². The minimum atomic E-state index is -0.529. The zero-order valence-corrected chi connectivity index (χ0v) is 15.7. The van der Waals surface area contributed by atoms with Gasteiger partial charge in [0.15, 0.2) is 0 Å². The Labute approximate surface area is 166 Å². The summed E-state index contributed by atoms with van der Waals surface area (Å²) in [6.07, 6.45) is 1.46. The molecule has 7 nitrogen and oxygen atoms in total. The second-order valence-electron chi connectivity index (χ2n) is 6.15. The van der Waals surface area contributed by atoms with E-state index in [0.29, 0.717) is 16.3 Å². The fourth-order valence-electron chi connectivity index (χ4n) is 2.87. The van der Waals surface area contributed by atoms with Gasteiger partial charge >= 0.3 is 0 Å². The summed E-state index contributed by atoms with van der Waals surface area (Å²) in [4.78, 5) is 37.2. The highest BCUT2D eigenvalue weighted by molar-refractivity contribution is 6.36. The van der Waals surface area contributed by atoms with E-state index >= 15 is 0 Å². The van der Waals surface area contributed by atoms with Crippen molar-refractivity contribution in [2.24, 2.45) is 0 Å². The van der Waals surface area contributed by atoms with Crippen LogP contribution in [0.25, 0.3) is 5.57 Å². The highest BCUT2D eigenvalue weighted by Gasteiger charge is 2.38. The highest BCUT2D eigenvalue weighted by Crippen LogP contribution is 2.32. The van der Waals surface area contributed by atoms with Crippen molar-refractivity contribution in [1.82, 2.24) is 4.90 Å². The Balaban J connectivity index is 2.11. The smallest absolute Gasteiger partial charge is 0.278 e. The van der Waals surface area contributed by atoms with Crippen molar-refractivity contribution in [3.8, 4) is 0 Å². The summed E-state index contributed by atoms with van der Waals surface area (Å²) in [7, 11) is 0. The average Bonchev–Trinajstić information content (AvgIpc) is 2.89. The second kappa shape index (κ2) is 7.66. The summed E-state index contributed by atoms with van der Waals surface area (Å²) in [5, 5.41) is 14.4. The first kappa shape index (κ1) is 19.3. The Kier molecular flexibility index (Phi) is 5.28. The quantitative estimate of drug-likeness (QED) is 0.345. The molecule has 0 radical (unpaired) electrons. The van der Waals surface area contributed by atoms with Crippen LogP contribution < -0.4 is 5.32 Å². The van der Waals surface area contributed by atoms with Crippen LogP contribution in [0.3, 0.4) is 0 Å². The summed E-state index contributed by atoms with van der Waals surface area (Å²) in [5.74, 6) is -1.00. The molecule has 0 saturated carbocycles. The molecular weight excluding hydrogens is 382 g/mol. The molecular formula is C20H16ClN3O4. The van der Waals surface area contributed by atoms with Crippen LogP contribution in [-0.4, -0.2) is 28.2 Å². The van der Waals surface area contributed by atoms with Crippen LogP contribution in [0.1, 0.15) is 11.1 Å². The van der Waals surface area contributed by atoms with E-state index in [4.69, 9.17) is 11.6 Å². The van der Waals surface area contributed by atoms with Crippen molar-refractivity contribution in [2.45, 2.75) is 6.92 Å². The van der Waals surface area contributed by atoms with Crippen LogP contribution >= 0.6 is 11.6 Å². The lowest BCUT2D eigenvalue weighted by molar-refractivity contribution is -0.384. The first-order valence-corrected chi connectivity index (χ1v) is 8.70. The van der Waals surface area contributed by atoms with Crippen molar-refractivity contribution in [3.05, 3.63) is 87.1 Å². The number of nitro benzene ring substituents is 1. The van der Waals surface area contributed by atoms with E-state index in [1.54, 1.807) is 18.2 Å². The fourth-order valence-corrected chi connectivity index (χ4v) is 3.04. The third kappa shape index (κ3) is 3.52. The van der Waals surface area contributed by atoms with Crippen molar-refractivity contribution in [1.29, 1.82) is 0 Å². The number of hydrogen-bond acceptors (Lipinski definition) is 5. The zero-order valence-electron chi connectivity index (χ0n) is 14.9. The number of hydrogen-bond donors (Lipinski definition) is 1. The van der Waals surface area contributed by atoms with Crippen LogP contribution in [0.5, 0.6) is 0 Å². The van der Waals surface area contributed by atoms with Crippen molar-refractivity contribution >= 4 is 40.4 Å². The molecule has 0 bridgehead atoms. The standard InChI is InChI=1S/C20H16ClN3O4/c1-3-10-23-19(25)17(13-5-8-15(9-6-13)24(27)28)18(20(23)26)22-16-11-14(21)7-4-12(16)2/h3-9,11,22H,1,10H2,2H3. The highest BCUT2D eigenvalue weighted by atomic mass is 35.5. The van der Waals surface area contributed by atoms with Gasteiger partial charge in [0.1, 0.15) is 5.70 Å². The van der Waals surface area contributed by atoms with E-state index in [1.807, 2.05) is 6.92 Å². The third-order valence-corrected chi connectivity index (χ3v) is 4.54. The van der Waals surface area contributed by atoms with Gasteiger partial charge in [-0.3, -0.25) is 24.6 Å². The lowest BCUT2D eigenvalue weighted by atomic mass is 10.0. The molecule has 1 aliphatic heterocycles. The van der Waals surface area contributed by atoms with E-state index < -0.39 is 16.7 Å². The molecule has 0 saturated heterocycles. The predicted molar refractivity (Wildman–Crippen MR) is 107 cm³/mol. The molecule has 1 N–H and O–H groups in total. The Morgan fingerprint density at radius 3 is 2.46 bits per heavy atom.